The van der Waals surface area contributed by atoms with Gasteiger partial charge in [0.05, 0.1) is 16.4 Å². The van der Waals surface area contributed by atoms with Crippen LogP contribution in [0.3, 0.4) is 0 Å². The molecule has 0 amide bonds. The van der Waals surface area contributed by atoms with Crippen molar-refractivity contribution in [2.45, 2.75) is 22.1 Å². The van der Waals surface area contributed by atoms with Gasteiger partial charge in [0.25, 0.3) is 0 Å². The smallest absolute Gasteiger partial charge is 0.191 e. The summed E-state index contributed by atoms with van der Waals surface area (Å²) >= 11 is 8.44. The fraction of sp³-hybridized carbons (Fsp3) is 0.138. The molecule has 0 bridgehead atoms. The van der Waals surface area contributed by atoms with E-state index in [0.29, 0.717) is 21.8 Å². The van der Waals surface area contributed by atoms with Crippen molar-refractivity contribution in [1.82, 2.24) is 9.97 Å². The summed E-state index contributed by atoms with van der Waals surface area (Å²) < 4.78 is 0.946. The van der Waals surface area contributed by atoms with Crippen molar-refractivity contribution in [2.75, 3.05) is 11.5 Å². The maximum Gasteiger partial charge on any atom is 0.191 e. The van der Waals surface area contributed by atoms with Gasteiger partial charge >= 0.3 is 0 Å². The van der Waals surface area contributed by atoms with E-state index >= 15 is 0 Å². The van der Waals surface area contributed by atoms with Gasteiger partial charge in [-0.05, 0) is 35.2 Å². The van der Waals surface area contributed by atoms with Gasteiger partial charge in [-0.2, -0.15) is 0 Å². The van der Waals surface area contributed by atoms with Gasteiger partial charge in [-0.3, -0.25) is 4.79 Å². The average Bonchev–Trinajstić information content (AvgIpc) is 3.31. The third-order valence-corrected chi connectivity index (χ3v) is 10.7. The van der Waals surface area contributed by atoms with E-state index < -0.39 is 0 Å². The van der Waals surface area contributed by atoms with Crippen LogP contribution >= 0.6 is 50.8 Å². The minimum absolute atomic E-state index is 0.0384. The summed E-state index contributed by atoms with van der Waals surface area (Å²) in [6.45, 7) is 0. The second kappa shape index (κ2) is 10.6. The molecule has 1 aliphatic rings. The zero-order chi connectivity index (χ0) is 25.4. The van der Waals surface area contributed by atoms with E-state index in [2.05, 4.69) is 81.6 Å². The van der Waals surface area contributed by atoms with Crippen LogP contribution in [0.2, 0.25) is 0 Å². The van der Waals surface area contributed by atoms with Crippen molar-refractivity contribution in [3.63, 3.8) is 0 Å². The molecule has 1 aliphatic heterocycles. The van der Waals surface area contributed by atoms with Crippen LogP contribution in [-0.2, 0) is 6.42 Å². The summed E-state index contributed by atoms with van der Waals surface area (Å²) in [4.78, 5) is 24.4. The highest BCUT2D eigenvalue weighted by molar-refractivity contribution is 9.10. The van der Waals surface area contributed by atoms with Gasteiger partial charge in [-0.25, -0.2) is 9.97 Å². The maximum atomic E-state index is 12.7. The molecule has 5 aromatic rings. The molecular formula is C29H22BrN3OS3. The monoisotopic (exact) mass is 603 g/mol. The SMILES string of the molecule is Nc1nc(SCC(=O)c2ccc(Br)cc2)nc2sc3c(c12)C[C@H](c1ccccc1)S[C@@H]3c1ccccc1. The zero-order valence-electron chi connectivity index (χ0n) is 19.6. The van der Waals surface area contributed by atoms with Crippen LogP contribution in [0.5, 0.6) is 0 Å². The second-order valence-electron chi connectivity index (χ2n) is 8.77. The Morgan fingerprint density at radius 2 is 1.62 bits per heavy atom. The Hall–Kier alpha value is -2.65. The first-order valence-electron chi connectivity index (χ1n) is 11.8. The molecule has 2 aromatic heterocycles. The van der Waals surface area contributed by atoms with Crippen molar-refractivity contribution in [3.8, 4) is 0 Å². The minimum Gasteiger partial charge on any atom is -0.383 e. The average molecular weight is 605 g/mol. The third-order valence-electron chi connectivity index (χ3n) is 6.39. The lowest BCUT2D eigenvalue weighted by molar-refractivity contribution is 0.102. The molecule has 4 nitrogen and oxygen atoms in total. The number of rotatable bonds is 6. The molecule has 6 rings (SSSR count). The summed E-state index contributed by atoms with van der Waals surface area (Å²) in [6.07, 6.45) is 0.884. The number of halogens is 1. The van der Waals surface area contributed by atoms with Crippen LogP contribution < -0.4 is 5.73 Å². The number of nitrogens with zero attached hydrogens (tertiary/aromatic N) is 2. The maximum absolute atomic E-state index is 12.7. The lowest BCUT2D eigenvalue weighted by Crippen LogP contribution is -2.12. The molecular weight excluding hydrogens is 582 g/mol. The Morgan fingerprint density at radius 1 is 0.946 bits per heavy atom. The largest absolute Gasteiger partial charge is 0.383 e. The normalized spacial score (nSPS) is 17.0. The number of thiophene rings is 1. The van der Waals surface area contributed by atoms with Crippen molar-refractivity contribution in [3.05, 3.63) is 117 Å². The van der Waals surface area contributed by atoms with Crippen LogP contribution in [-0.4, -0.2) is 21.5 Å². The molecule has 37 heavy (non-hydrogen) atoms. The van der Waals surface area contributed by atoms with Crippen molar-refractivity contribution < 1.29 is 4.79 Å². The Kier molecular flexibility index (Phi) is 7.08. The van der Waals surface area contributed by atoms with Crippen LogP contribution in [0.4, 0.5) is 5.82 Å². The lowest BCUT2D eigenvalue weighted by atomic mass is 9.98. The quantitative estimate of drug-likeness (QED) is 0.120. The predicted octanol–water partition coefficient (Wildman–Crippen LogP) is 8.13. The lowest BCUT2D eigenvalue weighted by Gasteiger charge is -2.30. The first-order valence-corrected chi connectivity index (χ1v) is 15.4. The molecule has 0 aliphatic carbocycles. The van der Waals surface area contributed by atoms with Crippen LogP contribution in [0.15, 0.2) is 94.6 Å². The number of fused-ring (bicyclic) bond motifs is 3. The van der Waals surface area contributed by atoms with E-state index in [0.717, 1.165) is 21.1 Å². The van der Waals surface area contributed by atoms with Crippen LogP contribution in [0.1, 0.15) is 42.4 Å². The molecule has 8 heteroatoms. The second-order valence-corrected chi connectivity index (χ2v) is 13.0. The molecule has 0 saturated heterocycles. The molecule has 3 heterocycles. The van der Waals surface area contributed by atoms with Crippen molar-refractivity contribution >= 4 is 72.6 Å². The minimum atomic E-state index is 0.0384. The fourth-order valence-electron chi connectivity index (χ4n) is 4.59. The highest BCUT2D eigenvalue weighted by Gasteiger charge is 2.34. The Bertz CT molecular complexity index is 1570. The van der Waals surface area contributed by atoms with Gasteiger partial charge < -0.3 is 5.73 Å². The number of ketones is 1. The number of hydrogen-bond acceptors (Lipinski definition) is 7. The van der Waals surface area contributed by atoms with Gasteiger partial charge in [0, 0.05) is 20.2 Å². The number of carbonyl (C=O) groups excluding carboxylic acids is 1. The van der Waals surface area contributed by atoms with Gasteiger partial charge in [-0.1, -0.05) is 100 Å². The molecule has 0 fully saturated rings. The number of anilines is 1. The number of hydrogen-bond donors (Lipinski definition) is 1. The Balaban J connectivity index is 1.35. The topological polar surface area (TPSA) is 68.9 Å². The number of benzene rings is 3. The first kappa shape index (κ1) is 24.7. The number of Topliss-reactive ketones (excluding diaryl/α,β-unsaturated/α-hetero) is 1. The molecule has 3 aromatic carbocycles. The third kappa shape index (κ3) is 5.08. The Labute approximate surface area is 236 Å². The Morgan fingerprint density at radius 3 is 2.32 bits per heavy atom. The van der Waals surface area contributed by atoms with Crippen LogP contribution in [0, 0.1) is 0 Å². The first-order chi connectivity index (χ1) is 18.1. The predicted molar refractivity (Wildman–Crippen MR) is 160 cm³/mol. The van der Waals surface area contributed by atoms with Crippen LogP contribution in [0.25, 0.3) is 10.2 Å². The van der Waals surface area contributed by atoms with Crippen molar-refractivity contribution in [2.24, 2.45) is 0 Å². The molecule has 0 spiro atoms. The van der Waals surface area contributed by atoms with E-state index in [1.54, 1.807) is 11.3 Å². The van der Waals surface area contributed by atoms with E-state index in [1.165, 1.54) is 33.3 Å². The van der Waals surface area contributed by atoms with Crippen molar-refractivity contribution in [1.29, 1.82) is 0 Å². The van der Waals surface area contributed by atoms with Gasteiger partial charge in [-0.15, -0.1) is 23.1 Å². The van der Waals surface area contributed by atoms with Gasteiger partial charge in [0.2, 0.25) is 0 Å². The highest BCUT2D eigenvalue weighted by atomic mass is 79.9. The van der Waals surface area contributed by atoms with Gasteiger partial charge in [0.15, 0.2) is 10.9 Å². The van der Waals surface area contributed by atoms with E-state index in [-0.39, 0.29) is 16.8 Å². The molecule has 0 unspecified atom stereocenters. The molecule has 184 valence electrons. The number of nitrogens with two attached hydrogens (primary N) is 1. The van der Waals surface area contributed by atoms with E-state index in [4.69, 9.17) is 10.7 Å². The molecule has 0 radical (unpaired) electrons. The standard InChI is InChI=1S/C29H22BrN3OS3/c30-20-13-11-17(12-14-20)22(34)16-35-29-32-27(31)24-21-15-23(18-7-3-1-4-8-18)36-25(19-9-5-2-6-10-19)26(21)37-28(24)33-29/h1-14,23,25H,15-16H2,(H2,31,32,33)/t23-,25-/m1/s1. The number of carbonyl (C=O) groups is 1. The van der Waals surface area contributed by atoms with Gasteiger partial charge in [0.1, 0.15) is 10.6 Å². The molecule has 2 N–H and O–H groups in total. The van der Waals surface area contributed by atoms with E-state index in [1.807, 2.05) is 36.0 Å². The number of aromatic nitrogens is 2. The molecule has 0 saturated carbocycles. The summed E-state index contributed by atoms with van der Waals surface area (Å²) in [7, 11) is 0. The summed E-state index contributed by atoms with van der Waals surface area (Å²) in [6, 6.07) is 28.7. The zero-order valence-corrected chi connectivity index (χ0v) is 23.7. The highest BCUT2D eigenvalue weighted by Crippen LogP contribution is 2.55. The summed E-state index contributed by atoms with van der Waals surface area (Å²) in [5.74, 6) is 0.791. The fourth-order valence-corrected chi connectivity index (χ4v) is 8.68. The summed E-state index contributed by atoms with van der Waals surface area (Å²) in [5.41, 5.74) is 11.1. The van der Waals surface area contributed by atoms with E-state index in [9.17, 15) is 4.79 Å². The number of thioether (sulfide) groups is 2. The summed E-state index contributed by atoms with van der Waals surface area (Å²) in [5, 5.41) is 2.01. The number of nitrogen functional groups attached to an aromatic ring is 1. The molecule has 2 atom stereocenters.